The van der Waals surface area contributed by atoms with Crippen molar-refractivity contribution in [1.82, 2.24) is 5.32 Å². The van der Waals surface area contributed by atoms with Gasteiger partial charge in [-0.15, -0.1) is 0 Å². The number of hydrogen-bond acceptors (Lipinski definition) is 2. The van der Waals surface area contributed by atoms with Crippen molar-refractivity contribution in [3.8, 4) is 0 Å². The van der Waals surface area contributed by atoms with Crippen molar-refractivity contribution in [1.29, 1.82) is 0 Å². The molecule has 0 aliphatic heterocycles. The van der Waals surface area contributed by atoms with Crippen LogP contribution in [-0.2, 0) is 11.2 Å². The molecule has 3 nitrogen and oxygen atoms in total. The zero-order valence-electron chi connectivity index (χ0n) is 10.3. The molecule has 0 fully saturated rings. The lowest BCUT2D eigenvalue weighted by Gasteiger charge is -2.17. The second-order valence-corrected chi connectivity index (χ2v) is 3.75. The smallest absolute Gasteiger partial charge is 0.240 e. The lowest BCUT2D eigenvalue weighted by molar-refractivity contribution is -0.117. The topological polar surface area (TPSA) is 32.3 Å². The molecule has 0 radical (unpaired) electrons. The molecule has 0 aromatic heterocycles. The fourth-order valence-corrected chi connectivity index (χ4v) is 1.45. The summed E-state index contributed by atoms with van der Waals surface area (Å²) in [5, 5.41) is 3.03. The first-order valence-corrected chi connectivity index (χ1v) is 5.75. The van der Waals surface area contributed by atoms with E-state index in [4.69, 9.17) is 0 Å². The number of likely N-dealkylation sites (N-methyl/N-ethyl adjacent to an activating group) is 2. The van der Waals surface area contributed by atoms with Gasteiger partial charge >= 0.3 is 0 Å². The van der Waals surface area contributed by atoms with Gasteiger partial charge in [-0.1, -0.05) is 26.0 Å². The van der Waals surface area contributed by atoms with Crippen LogP contribution in [0.2, 0.25) is 0 Å². The molecule has 1 amide bonds. The number of nitrogens with zero attached hydrogens (tertiary/aromatic N) is 1. The van der Waals surface area contributed by atoms with Gasteiger partial charge < -0.3 is 10.2 Å². The zero-order chi connectivity index (χ0) is 12.0. The Bertz CT molecular complexity index is 332. The van der Waals surface area contributed by atoms with Crippen molar-refractivity contribution in [2.45, 2.75) is 20.3 Å². The first-order valence-electron chi connectivity index (χ1n) is 5.75. The maximum absolute atomic E-state index is 11.7. The minimum Gasteiger partial charge on any atom is -0.314 e. The molecule has 0 aliphatic rings. The molecule has 0 spiro atoms. The third-order valence-electron chi connectivity index (χ3n) is 2.63. The van der Waals surface area contributed by atoms with Gasteiger partial charge in [0.25, 0.3) is 0 Å². The molecular weight excluding hydrogens is 200 g/mol. The van der Waals surface area contributed by atoms with E-state index >= 15 is 0 Å². The van der Waals surface area contributed by atoms with Gasteiger partial charge in [0.2, 0.25) is 5.91 Å². The maximum atomic E-state index is 11.7. The van der Waals surface area contributed by atoms with Crippen molar-refractivity contribution >= 4 is 11.6 Å². The highest BCUT2D eigenvalue weighted by molar-refractivity contribution is 5.94. The molecule has 0 heterocycles. The number of rotatable bonds is 5. The summed E-state index contributed by atoms with van der Waals surface area (Å²) in [5.41, 5.74) is 2.23. The Morgan fingerprint density at radius 3 is 2.38 bits per heavy atom. The van der Waals surface area contributed by atoms with Gasteiger partial charge in [0, 0.05) is 12.7 Å². The maximum Gasteiger partial charge on any atom is 0.240 e. The van der Waals surface area contributed by atoms with E-state index in [2.05, 4.69) is 24.4 Å². The quantitative estimate of drug-likeness (QED) is 0.821. The summed E-state index contributed by atoms with van der Waals surface area (Å²) in [7, 11) is 1.81. The lowest BCUT2D eigenvalue weighted by Crippen LogP contribution is -2.35. The summed E-state index contributed by atoms with van der Waals surface area (Å²) in [4.78, 5) is 13.4. The van der Waals surface area contributed by atoms with E-state index in [1.165, 1.54) is 5.56 Å². The summed E-state index contributed by atoms with van der Waals surface area (Å²) in [5.74, 6) is 0.0890. The number of carbonyl (C=O) groups excluding carboxylic acids is 1. The summed E-state index contributed by atoms with van der Waals surface area (Å²) in [6, 6.07) is 8.10. The molecule has 3 heteroatoms. The first kappa shape index (κ1) is 12.7. The number of nitrogens with one attached hydrogen (secondary N) is 1. The molecule has 1 rings (SSSR count). The number of hydrogen-bond donors (Lipinski definition) is 1. The summed E-state index contributed by atoms with van der Waals surface area (Å²) >= 11 is 0. The lowest BCUT2D eigenvalue weighted by atomic mass is 10.1. The Balaban J connectivity index is 2.64. The van der Waals surface area contributed by atoms with Crippen LogP contribution in [0.15, 0.2) is 24.3 Å². The average Bonchev–Trinajstić information content (AvgIpc) is 2.35. The molecule has 88 valence electrons. The fourth-order valence-electron chi connectivity index (χ4n) is 1.45. The van der Waals surface area contributed by atoms with Crippen LogP contribution in [0.3, 0.4) is 0 Å². The Morgan fingerprint density at radius 1 is 1.25 bits per heavy atom. The number of anilines is 1. The Hall–Kier alpha value is -1.35. The number of benzene rings is 1. The van der Waals surface area contributed by atoms with E-state index in [1.807, 2.05) is 19.1 Å². The number of aryl methyl sites for hydroxylation is 1. The molecule has 1 aromatic rings. The molecule has 0 saturated heterocycles. The summed E-state index contributed by atoms with van der Waals surface area (Å²) in [6.07, 6.45) is 1.02. The summed E-state index contributed by atoms with van der Waals surface area (Å²) in [6.45, 7) is 5.31. The van der Waals surface area contributed by atoms with Crippen molar-refractivity contribution < 1.29 is 4.79 Å². The SMILES string of the molecule is CCNCC(=O)N(C)c1ccc(CC)cc1. The molecule has 1 aromatic carbocycles. The standard InChI is InChI=1S/C13H20N2O/c1-4-11-6-8-12(9-7-11)15(3)13(16)10-14-5-2/h6-9,14H,4-5,10H2,1-3H3. The minimum atomic E-state index is 0.0890. The van der Waals surface area contributed by atoms with Gasteiger partial charge in [-0.2, -0.15) is 0 Å². The Kier molecular flexibility index (Phi) is 4.99. The van der Waals surface area contributed by atoms with E-state index in [9.17, 15) is 4.79 Å². The van der Waals surface area contributed by atoms with Gasteiger partial charge in [-0.25, -0.2) is 0 Å². The van der Waals surface area contributed by atoms with Crippen LogP contribution >= 0.6 is 0 Å². The van der Waals surface area contributed by atoms with Crippen LogP contribution in [0.4, 0.5) is 5.69 Å². The van der Waals surface area contributed by atoms with Gasteiger partial charge in [-0.3, -0.25) is 4.79 Å². The van der Waals surface area contributed by atoms with Crippen molar-refractivity contribution in [2.24, 2.45) is 0 Å². The highest BCUT2D eigenvalue weighted by atomic mass is 16.2. The third-order valence-corrected chi connectivity index (χ3v) is 2.63. The number of amides is 1. The van der Waals surface area contributed by atoms with Gasteiger partial charge in [-0.05, 0) is 30.7 Å². The van der Waals surface area contributed by atoms with Crippen LogP contribution in [0.25, 0.3) is 0 Å². The predicted molar refractivity (Wildman–Crippen MR) is 67.8 cm³/mol. The van der Waals surface area contributed by atoms with Crippen LogP contribution in [0, 0.1) is 0 Å². The fraction of sp³-hybridized carbons (Fsp3) is 0.462. The molecule has 0 bridgehead atoms. The predicted octanol–water partition coefficient (Wildman–Crippen LogP) is 1.82. The molecule has 0 aliphatic carbocycles. The molecular formula is C13H20N2O. The van der Waals surface area contributed by atoms with E-state index < -0.39 is 0 Å². The van der Waals surface area contributed by atoms with Gasteiger partial charge in [0.05, 0.1) is 6.54 Å². The van der Waals surface area contributed by atoms with E-state index in [-0.39, 0.29) is 5.91 Å². The molecule has 16 heavy (non-hydrogen) atoms. The number of carbonyl (C=O) groups is 1. The van der Waals surface area contributed by atoms with Crippen molar-refractivity contribution in [3.63, 3.8) is 0 Å². The highest BCUT2D eigenvalue weighted by Gasteiger charge is 2.09. The Morgan fingerprint density at radius 2 is 1.88 bits per heavy atom. The average molecular weight is 220 g/mol. The van der Waals surface area contributed by atoms with Gasteiger partial charge in [0.1, 0.15) is 0 Å². The normalized spacial score (nSPS) is 10.2. The highest BCUT2D eigenvalue weighted by Crippen LogP contribution is 2.14. The van der Waals surface area contributed by atoms with Crippen molar-refractivity contribution in [3.05, 3.63) is 29.8 Å². The molecule has 0 saturated carbocycles. The van der Waals surface area contributed by atoms with Crippen LogP contribution in [0.1, 0.15) is 19.4 Å². The van der Waals surface area contributed by atoms with Crippen LogP contribution in [0.5, 0.6) is 0 Å². The zero-order valence-corrected chi connectivity index (χ0v) is 10.3. The van der Waals surface area contributed by atoms with Crippen molar-refractivity contribution in [2.75, 3.05) is 25.0 Å². The van der Waals surface area contributed by atoms with Crippen LogP contribution in [-0.4, -0.2) is 26.0 Å². The Labute approximate surface area is 97.5 Å². The second kappa shape index (κ2) is 6.28. The largest absolute Gasteiger partial charge is 0.314 e. The molecule has 0 unspecified atom stereocenters. The monoisotopic (exact) mass is 220 g/mol. The second-order valence-electron chi connectivity index (χ2n) is 3.75. The van der Waals surface area contributed by atoms with Gasteiger partial charge in [0.15, 0.2) is 0 Å². The third kappa shape index (κ3) is 3.35. The van der Waals surface area contributed by atoms with Crippen LogP contribution < -0.4 is 10.2 Å². The van der Waals surface area contributed by atoms with E-state index in [0.717, 1.165) is 18.7 Å². The summed E-state index contributed by atoms with van der Waals surface area (Å²) < 4.78 is 0. The molecule has 1 N–H and O–H groups in total. The molecule has 0 atom stereocenters. The first-order chi connectivity index (χ1) is 7.69. The van der Waals surface area contributed by atoms with E-state index in [1.54, 1.807) is 11.9 Å². The van der Waals surface area contributed by atoms with E-state index in [0.29, 0.717) is 6.54 Å². The minimum absolute atomic E-state index is 0.0890.